The van der Waals surface area contributed by atoms with E-state index in [1.165, 1.54) is 34.8 Å². The molecule has 11 unspecified atom stereocenters. The van der Waals surface area contributed by atoms with E-state index in [4.69, 9.17) is 4.74 Å². The molecule has 194 valence electrons. The van der Waals surface area contributed by atoms with Crippen molar-refractivity contribution in [2.45, 2.75) is 103 Å². The zero-order valence-electron chi connectivity index (χ0n) is 21.0. The highest BCUT2D eigenvalue weighted by Gasteiger charge is 2.51. The molecule has 6 N–H and O–H groups in total. The van der Waals surface area contributed by atoms with Crippen LogP contribution in [0.5, 0.6) is 0 Å². The zero-order chi connectivity index (χ0) is 25.9. The van der Waals surface area contributed by atoms with Gasteiger partial charge in [0.05, 0.1) is 36.9 Å². The van der Waals surface area contributed by atoms with E-state index in [2.05, 4.69) is 10.1 Å². The quantitative estimate of drug-likeness (QED) is 0.233. The van der Waals surface area contributed by atoms with E-state index in [0.29, 0.717) is 0 Å². The third kappa shape index (κ3) is 6.57. The summed E-state index contributed by atoms with van der Waals surface area (Å²) >= 11 is 0. The van der Waals surface area contributed by atoms with Crippen molar-refractivity contribution in [2.24, 2.45) is 23.7 Å². The van der Waals surface area contributed by atoms with Crippen LogP contribution in [0.1, 0.15) is 61.3 Å². The fourth-order valence-electron chi connectivity index (χ4n) is 5.06. The van der Waals surface area contributed by atoms with Gasteiger partial charge in [-0.25, -0.2) is 4.79 Å². The highest BCUT2D eigenvalue weighted by Crippen LogP contribution is 2.36. The number of nitrogens with one attached hydrogen (secondary N) is 1. The first kappa shape index (κ1) is 29.6. The van der Waals surface area contributed by atoms with Gasteiger partial charge in [0.1, 0.15) is 11.7 Å². The molecule has 1 fully saturated rings. The maximum Gasteiger partial charge on any atom is 0.407 e. The average Bonchev–Trinajstić information content (AvgIpc) is 2.76. The molecular weight excluding hydrogens is 434 g/mol. The molecule has 10 nitrogen and oxygen atoms in total. The maximum atomic E-state index is 12.2. The predicted molar refractivity (Wildman–Crippen MR) is 120 cm³/mol. The van der Waals surface area contributed by atoms with E-state index in [1.807, 2.05) is 0 Å². The van der Waals surface area contributed by atoms with Crippen LogP contribution in [0.4, 0.5) is 4.79 Å². The van der Waals surface area contributed by atoms with Gasteiger partial charge in [-0.1, -0.05) is 27.7 Å². The third-order valence-corrected chi connectivity index (χ3v) is 7.31. The van der Waals surface area contributed by atoms with Crippen LogP contribution in [0.3, 0.4) is 0 Å². The summed E-state index contributed by atoms with van der Waals surface area (Å²) in [6.07, 6.45) is -5.14. The second kappa shape index (κ2) is 11.3. The molecule has 0 saturated carbocycles. The lowest BCUT2D eigenvalue weighted by Gasteiger charge is -2.47. The van der Waals surface area contributed by atoms with Gasteiger partial charge >= 0.3 is 12.1 Å². The molecule has 1 aliphatic heterocycles. The monoisotopic (exact) mass is 477 g/mol. The number of rotatable bonds is 11. The number of esters is 1. The molecule has 0 aromatic carbocycles. The number of aliphatic hydroxyl groups excluding tert-OH is 3. The highest BCUT2D eigenvalue weighted by atomic mass is 16.6. The van der Waals surface area contributed by atoms with Crippen molar-refractivity contribution >= 4 is 12.1 Å². The summed E-state index contributed by atoms with van der Waals surface area (Å²) in [5, 5.41) is 56.2. The minimum Gasteiger partial charge on any atom is -0.469 e. The molecule has 1 rings (SSSR count). The van der Waals surface area contributed by atoms with Crippen molar-refractivity contribution in [1.82, 2.24) is 5.32 Å². The second-order valence-electron chi connectivity index (χ2n) is 10.1. The Kier molecular flexibility index (Phi) is 10.1. The van der Waals surface area contributed by atoms with Crippen molar-refractivity contribution in [3.05, 3.63) is 0 Å². The molecule has 0 aliphatic carbocycles. The number of aliphatic hydroxyl groups is 5. The lowest BCUT2D eigenvalue weighted by molar-refractivity contribution is -0.169. The van der Waals surface area contributed by atoms with Crippen LogP contribution in [-0.2, 0) is 14.3 Å². The number of methoxy groups -OCH3 is 1. The molecule has 33 heavy (non-hydrogen) atoms. The fourth-order valence-corrected chi connectivity index (χ4v) is 5.06. The Balaban J connectivity index is 3.01. The number of hydrogen-bond acceptors (Lipinski definition) is 9. The Morgan fingerprint density at radius 3 is 2.21 bits per heavy atom. The Morgan fingerprint density at radius 2 is 1.73 bits per heavy atom. The molecule has 0 bridgehead atoms. The molecule has 0 spiro atoms. The first-order valence-corrected chi connectivity index (χ1v) is 11.6. The number of cyclic esters (lactones) is 1. The first-order valence-electron chi connectivity index (χ1n) is 11.6. The van der Waals surface area contributed by atoms with Crippen LogP contribution in [0.2, 0.25) is 0 Å². The van der Waals surface area contributed by atoms with Crippen LogP contribution < -0.4 is 5.32 Å². The lowest BCUT2D eigenvalue weighted by Crippen LogP contribution is -2.64. The zero-order valence-corrected chi connectivity index (χ0v) is 21.0. The molecule has 1 aliphatic rings. The van der Waals surface area contributed by atoms with Crippen LogP contribution in [0.15, 0.2) is 0 Å². The molecule has 1 amide bonds. The molecule has 1 heterocycles. The summed E-state index contributed by atoms with van der Waals surface area (Å²) in [5.41, 5.74) is -3.34. The molecule has 1 saturated heterocycles. The Morgan fingerprint density at radius 1 is 1.18 bits per heavy atom. The highest BCUT2D eigenvalue weighted by molar-refractivity contribution is 5.72. The summed E-state index contributed by atoms with van der Waals surface area (Å²) in [6.45, 7) is 11.1. The normalized spacial score (nSPS) is 30.3. The van der Waals surface area contributed by atoms with Gasteiger partial charge in [0.25, 0.3) is 0 Å². The Bertz CT molecular complexity index is 668. The van der Waals surface area contributed by atoms with Crippen LogP contribution >= 0.6 is 0 Å². The fraction of sp³-hybridized carbons (Fsp3) is 0.913. The van der Waals surface area contributed by atoms with Gasteiger partial charge in [-0.05, 0) is 39.5 Å². The lowest BCUT2D eigenvalue weighted by atomic mass is 9.72. The number of hydrogen-bond donors (Lipinski definition) is 6. The van der Waals surface area contributed by atoms with Crippen LogP contribution in [-0.4, -0.2) is 86.4 Å². The number of amides is 1. The van der Waals surface area contributed by atoms with Crippen molar-refractivity contribution in [1.29, 1.82) is 0 Å². The van der Waals surface area contributed by atoms with E-state index in [0.717, 1.165) is 0 Å². The summed E-state index contributed by atoms with van der Waals surface area (Å²) < 4.78 is 9.97. The van der Waals surface area contributed by atoms with Crippen LogP contribution in [0, 0.1) is 23.7 Å². The van der Waals surface area contributed by atoms with Crippen molar-refractivity contribution < 1.29 is 44.6 Å². The molecular formula is C23H43NO9. The minimum atomic E-state index is -1.67. The molecule has 0 aromatic heterocycles. The first-order chi connectivity index (χ1) is 15.0. The summed E-state index contributed by atoms with van der Waals surface area (Å²) in [6, 6.07) is -0.528. The Labute approximate surface area is 196 Å². The van der Waals surface area contributed by atoms with Gasteiger partial charge in [-0.2, -0.15) is 0 Å². The molecule has 0 aromatic rings. The second-order valence-corrected chi connectivity index (χ2v) is 10.1. The summed E-state index contributed by atoms with van der Waals surface area (Å²) in [7, 11) is 1.21. The number of alkyl carbamates (subject to hydrolysis) is 1. The summed E-state index contributed by atoms with van der Waals surface area (Å²) in [5.74, 6) is -3.17. The standard InChI is InChI=1S/C23H43NO9/c1-9-15(25)23(7,31)19-12(3)16(24-21(29)33-19)11(2)10-22(6,30)18(27)13(4)17(26)14(5)20(28)32-8/h11-19,25-27,30-31H,9-10H2,1-8H3,(H,24,29). The maximum absolute atomic E-state index is 12.2. The Hall–Kier alpha value is -1.46. The van der Waals surface area contributed by atoms with Gasteiger partial charge in [0.2, 0.25) is 0 Å². The summed E-state index contributed by atoms with van der Waals surface area (Å²) in [4.78, 5) is 24.0. The topological polar surface area (TPSA) is 166 Å². The third-order valence-electron chi connectivity index (χ3n) is 7.31. The molecule has 11 atom stereocenters. The van der Waals surface area contributed by atoms with Crippen molar-refractivity contribution in [2.75, 3.05) is 7.11 Å². The average molecular weight is 478 g/mol. The van der Waals surface area contributed by atoms with Gasteiger partial charge in [0.15, 0.2) is 0 Å². The molecule has 10 heteroatoms. The van der Waals surface area contributed by atoms with E-state index in [-0.39, 0.29) is 18.8 Å². The van der Waals surface area contributed by atoms with E-state index in [9.17, 15) is 35.1 Å². The van der Waals surface area contributed by atoms with Gasteiger partial charge < -0.3 is 40.3 Å². The predicted octanol–water partition coefficient (Wildman–Crippen LogP) is 0.566. The van der Waals surface area contributed by atoms with E-state index < -0.39 is 71.5 Å². The minimum absolute atomic E-state index is 0.0400. The van der Waals surface area contributed by atoms with Crippen LogP contribution in [0.25, 0.3) is 0 Å². The smallest absolute Gasteiger partial charge is 0.407 e. The van der Waals surface area contributed by atoms with E-state index >= 15 is 0 Å². The van der Waals surface area contributed by atoms with Gasteiger partial charge in [-0.15, -0.1) is 0 Å². The number of carbonyl (C=O) groups excluding carboxylic acids is 2. The number of carbonyl (C=O) groups is 2. The van der Waals surface area contributed by atoms with E-state index in [1.54, 1.807) is 20.8 Å². The van der Waals surface area contributed by atoms with Gasteiger partial charge in [-0.3, -0.25) is 4.79 Å². The largest absolute Gasteiger partial charge is 0.469 e. The molecule has 0 radical (unpaired) electrons. The van der Waals surface area contributed by atoms with Crippen molar-refractivity contribution in [3.63, 3.8) is 0 Å². The van der Waals surface area contributed by atoms with Crippen molar-refractivity contribution in [3.8, 4) is 0 Å². The van der Waals surface area contributed by atoms with Gasteiger partial charge in [0, 0.05) is 17.9 Å². The number of ether oxygens (including phenoxy) is 2. The SMILES string of the molecule is CCC(O)C(C)(O)C1OC(=O)NC(C(C)CC(C)(O)C(O)C(C)C(O)C(C)C(=O)OC)C1C.